The Hall–Kier alpha value is -1.25. The first-order valence-electron chi connectivity index (χ1n) is 7.51. The Morgan fingerprint density at radius 3 is 2.70 bits per heavy atom. The molecular formula is C14H19ClN4O3S. The third-order valence-electron chi connectivity index (χ3n) is 4.42. The van der Waals surface area contributed by atoms with Crippen molar-refractivity contribution in [3.8, 4) is 0 Å². The Bertz CT molecular complexity index is 736. The van der Waals surface area contributed by atoms with Gasteiger partial charge in [0.05, 0.1) is 17.5 Å². The zero-order chi connectivity index (χ0) is 16.8. The summed E-state index contributed by atoms with van der Waals surface area (Å²) in [5, 5.41) is 3.11. The number of nitrogens with zero attached hydrogens (tertiary/aromatic N) is 3. The van der Waals surface area contributed by atoms with E-state index in [1.54, 1.807) is 6.92 Å². The number of aryl methyl sites for hydroxylation is 1. The van der Waals surface area contributed by atoms with E-state index in [0.717, 1.165) is 12.8 Å². The van der Waals surface area contributed by atoms with Gasteiger partial charge in [-0.2, -0.15) is 4.31 Å². The van der Waals surface area contributed by atoms with Gasteiger partial charge in [0, 0.05) is 19.1 Å². The number of halogens is 1. The molecule has 2 heterocycles. The van der Waals surface area contributed by atoms with E-state index in [2.05, 4.69) is 15.3 Å². The van der Waals surface area contributed by atoms with Crippen molar-refractivity contribution in [1.82, 2.24) is 19.6 Å². The van der Waals surface area contributed by atoms with E-state index in [4.69, 9.17) is 11.6 Å². The van der Waals surface area contributed by atoms with Crippen LogP contribution in [0, 0.1) is 18.8 Å². The quantitative estimate of drug-likeness (QED) is 0.861. The van der Waals surface area contributed by atoms with Crippen LogP contribution in [0.15, 0.2) is 6.20 Å². The van der Waals surface area contributed by atoms with E-state index in [1.165, 1.54) is 16.8 Å². The van der Waals surface area contributed by atoms with Crippen molar-refractivity contribution >= 4 is 27.5 Å². The first-order chi connectivity index (χ1) is 10.8. The van der Waals surface area contributed by atoms with Crippen LogP contribution in [0.5, 0.6) is 0 Å². The minimum Gasteiger partial charge on any atom is -0.346 e. The van der Waals surface area contributed by atoms with Gasteiger partial charge in [-0.3, -0.25) is 4.79 Å². The first-order valence-corrected chi connectivity index (χ1v) is 9.73. The van der Waals surface area contributed by atoms with Gasteiger partial charge in [-0.1, -0.05) is 11.6 Å². The Morgan fingerprint density at radius 1 is 1.39 bits per heavy atom. The highest BCUT2D eigenvalue weighted by atomic mass is 35.5. The van der Waals surface area contributed by atoms with Crippen LogP contribution in [0.3, 0.4) is 0 Å². The highest BCUT2D eigenvalue weighted by molar-refractivity contribution is 7.88. The number of carbonyl (C=O) groups excluding carboxylic acids is 1. The average molecular weight is 359 g/mol. The van der Waals surface area contributed by atoms with Gasteiger partial charge in [0.15, 0.2) is 0 Å². The second kappa shape index (κ2) is 5.99. The zero-order valence-electron chi connectivity index (χ0n) is 13.0. The van der Waals surface area contributed by atoms with Crippen LogP contribution in [0.25, 0.3) is 0 Å². The van der Waals surface area contributed by atoms with Crippen LogP contribution >= 0.6 is 11.6 Å². The van der Waals surface area contributed by atoms with Crippen molar-refractivity contribution in [2.24, 2.45) is 11.8 Å². The van der Waals surface area contributed by atoms with Gasteiger partial charge < -0.3 is 5.32 Å². The van der Waals surface area contributed by atoms with Crippen molar-refractivity contribution in [2.45, 2.75) is 25.8 Å². The molecule has 9 heteroatoms. The van der Waals surface area contributed by atoms with Crippen molar-refractivity contribution in [3.05, 3.63) is 22.7 Å². The fourth-order valence-corrected chi connectivity index (χ4v) is 4.12. The Morgan fingerprint density at radius 2 is 2.09 bits per heavy atom. The Kier molecular flexibility index (Phi) is 4.33. The van der Waals surface area contributed by atoms with E-state index >= 15 is 0 Å². The minimum atomic E-state index is -3.26. The summed E-state index contributed by atoms with van der Waals surface area (Å²) in [5.74, 6) is 0.707. The van der Waals surface area contributed by atoms with E-state index in [0.29, 0.717) is 24.8 Å². The lowest BCUT2D eigenvalue weighted by molar-refractivity contribution is 0.0923. The Balaban J connectivity index is 1.77. The molecule has 0 bridgehead atoms. The molecule has 1 aliphatic carbocycles. The molecule has 0 radical (unpaired) electrons. The number of carbonyl (C=O) groups is 1. The van der Waals surface area contributed by atoms with E-state index in [1.807, 2.05) is 0 Å². The molecule has 1 amide bonds. The van der Waals surface area contributed by atoms with Gasteiger partial charge in [0.1, 0.15) is 11.5 Å². The molecule has 126 valence electrons. The topological polar surface area (TPSA) is 92.3 Å². The van der Waals surface area contributed by atoms with Crippen LogP contribution in [-0.2, 0) is 10.0 Å². The monoisotopic (exact) mass is 358 g/mol. The molecule has 2 aliphatic rings. The van der Waals surface area contributed by atoms with Crippen molar-refractivity contribution in [1.29, 1.82) is 0 Å². The number of hydrogen-bond acceptors (Lipinski definition) is 5. The lowest BCUT2D eigenvalue weighted by Crippen LogP contribution is -2.42. The number of rotatable bonds is 4. The molecule has 2 atom stereocenters. The number of amides is 1. The fraction of sp³-hybridized carbons (Fsp3) is 0.643. The summed E-state index contributed by atoms with van der Waals surface area (Å²) in [4.78, 5) is 20.5. The minimum absolute atomic E-state index is 0.131. The number of aromatic nitrogens is 2. The molecule has 0 unspecified atom stereocenters. The number of hydrogen-bond donors (Lipinski definition) is 1. The van der Waals surface area contributed by atoms with E-state index in [-0.39, 0.29) is 28.6 Å². The summed E-state index contributed by atoms with van der Waals surface area (Å²) in [7, 11) is -3.26. The first kappa shape index (κ1) is 16.6. The SMILES string of the molecule is Cc1ncc(Cl)c(C(=O)N[C@@H]2CN(S(C)(=O)=O)C[C@H]2C2CC2)n1. The van der Waals surface area contributed by atoms with Gasteiger partial charge >= 0.3 is 0 Å². The molecule has 1 aliphatic heterocycles. The third kappa shape index (κ3) is 3.64. The van der Waals surface area contributed by atoms with Crippen LogP contribution in [0.2, 0.25) is 5.02 Å². The largest absolute Gasteiger partial charge is 0.346 e. The average Bonchev–Trinajstić information content (AvgIpc) is 3.21. The van der Waals surface area contributed by atoms with Crippen LogP contribution in [-0.4, -0.2) is 54.0 Å². The van der Waals surface area contributed by atoms with Crippen LogP contribution < -0.4 is 5.32 Å². The normalized spacial score (nSPS) is 25.5. The second-order valence-electron chi connectivity index (χ2n) is 6.27. The molecule has 7 nitrogen and oxygen atoms in total. The molecule has 1 aromatic heterocycles. The smallest absolute Gasteiger partial charge is 0.271 e. The predicted octanol–water partition coefficient (Wildman–Crippen LogP) is 0.838. The van der Waals surface area contributed by atoms with E-state index in [9.17, 15) is 13.2 Å². The maximum absolute atomic E-state index is 12.5. The maximum Gasteiger partial charge on any atom is 0.271 e. The van der Waals surface area contributed by atoms with Gasteiger partial charge in [-0.25, -0.2) is 18.4 Å². The number of sulfonamides is 1. The standard InChI is InChI=1S/C14H19ClN4O3S/c1-8-16-5-11(15)13(17-8)14(20)18-12-7-19(23(2,21)22)6-10(12)9-3-4-9/h5,9-10,12H,3-4,6-7H2,1-2H3,(H,18,20)/t10-,12+/m0/s1. The van der Waals surface area contributed by atoms with Gasteiger partial charge in [0.2, 0.25) is 10.0 Å². The summed E-state index contributed by atoms with van der Waals surface area (Å²) < 4.78 is 25.0. The molecule has 23 heavy (non-hydrogen) atoms. The maximum atomic E-state index is 12.5. The highest BCUT2D eigenvalue weighted by Crippen LogP contribution is 2.42. The summed E-state index contributed by atoms with van der Waals surface area (Å²) in [6, 6.07) is -0.212. The van der Waals surface area contributed by atoms with Gasteiger partial charge in [0.25, 0.3) is 5.91 Å². The van der Waals surface area contributed by atoms with E-state index < -0.39 is 10.0 Å². The van der Waals surface area contributed by atoms with Gasteiger partial charge in [-0.05, 0) is 31.6 Å². The lowest BCUT2D eigenvalue weighted by Gasteiger charge is -2.19. The van der Waals surface area contributed by atoms with Crippen molar-refractivity contribution < 1.29 is 13.2 Å². The summed E-state index contributed by atoms with van der Waals surface area (Å²) in [6.07, 6.45) is 4.77. The number of nitrogens with one attached hydrogen (secondary N) is 1. The van der Waals surface area contributed by atoms with Crippen LogP contribution in [0.1, 0.15) is 29.2 Å². The fourth-order valence-electron chi connectivity index (χ4n) is 3.07. The molecule has 1 N–H and O–H groups in total. The molecule has 0 spiro atoms. The lowest BCUT2D eigenvalue weighted by atomic mass is 9.98. The zero-order valence-corrected chi connectivity index (χ0v) is 14.6. The molecule has 1 saturated heterocycles. The Labute approximate surface area is 140 Å². The summed E-state index contributed by atoms with van der Waals surface area (Å²) in [5.41, 5.74) is 0.131. The molecule has 1 aromatic rings. The highest BCUT2D eigenvalue weighted by Gasteiger charge is 2.45. The summed E-state index contributed by atoms with van der Waals surface area (Å²) in [6.45, 7) is 2.44. The van der Waals surface area contributed by atoms with Crippen molar-refractivity contribution in [3.63, 3.8) is 0 Å². The molecule has 3 rings (SSSR count). The third-order valence-corrected chi connectivity index (χ3v) is 5.94. The molecular weight excluding hydrogens is 340 g/mol. The molecule has 1 saturated carbocycles. The predicted molar refractivity (Wildman–Crippen MR) is 85.7 cm³/mol. The molecule has 0 aromatic carbocycles. The second-order valence-corrected chi connectivity index (χ2v) is 8.66. The summed E-state index contributed by atoms with van der Waals surface area (Å²) >= 11 is 6.00. The van der Waals surface area contributed by atoms with Crippen LogP contribution in [0.4, 0.5) is 0 Å². The van der Waals surface area contributed by atoms with Gasteiger partial charge in [-0.15, -0.1) is 0 Å². The van der Waals surface area contributed by atoms with Crippen molar-refractivity contribution in [2.75, 3.05) is 19.3 Å². The molecule has 2 fully saturated rings.